The summed E-state index contributed by atoms with van der Waals surface area (Å²) >= 11 is 0. The number of nitrogens with zero attached hydrogens (tertiary/aromatic N) is 1. The average Bonchev–Trinajstić information content (AvgIpc) is 2.64. The molecule has 0 atom stereocenters. The van der Waals surface area contributed by atoms with E-state index in [0.29, 0.717) is 5.56 Å². The van der Waals surface area contributed by atoms with E-state index in [9.17, 15) is 19.7 Å². The number of esters is 1. The molecule has 2 aromatic rings. The van der Waals surface area contributed by atoms with Crippen LogP contribution in [0, 0.1) is 10.1 Å². The zero-order valence-electron chi connectivity index (χ0n) is 14.1. The molecule has 0 aliphatic rings. The topological polar surface area (TPSA) is 86.5 Å². The molecule has 2 aromatic carbocycles. The normalized spacial score (nSPS) is 11.3. The molecule has 2 rings (SSSR count). The molecule has 0 spiro atoms. The first-order valence-corrected chi connectivity index (χ1v) is 7.83. The van der Waals surface area contributed by atoms with E-state index >= 15 is 0 Å². The van der Waals surface area contributed by atoms with E-state index < -0.39 is 16.7 Å². The van der Waals surface area contributed by atoms with Gasteiger partial charge < -0.3 is 4.74 Å². The van der Waals surface area contributed by atoms with E-state index in [1.54, 1.807) is 18.2 Å². The molecule has 0 bridgehead atoms. The van der Waals surface area contributed by atoms with Gasteiger partial charge in [-0.2, -0.15) is 0 Å². The molecular formula is C20H17NO5. The third-order valence-corrected chi connectivity index (χ3v) is 3.41. The number of carbonyl (C=O) groups is 2. The standard InChI is InChI=1S/C20H17NO5/c1-15(22)19(14-17-9-5-11-18(13-17)21(24)25)20(23)26-12-6-10-16-7-3-2-4-8-16/h2-11,13-14H,12H2,1H3. The summed E-state index contributed by atoms with van der Waals surface area (Å²) in [5.74, 6) is -1.25. The zero-order chi connectivity index (χ0) is 18.9. The van der Waals surface area contributed by atoms with Crippen molar-refractivity contribution in [2.45, 2.75) is 6.92 Å². The largest absolute Gasteiger partial charge is 0.458 e. The first kappa shape index (κ1) is 18.8. The lowest BCUT2D eigenvalue weighted by Crippen LogP contribution is -2.13. The number of rotatable bonds is 7. The molecule has 0 fully saturated rings. The summed E-state index contributed by atoms with van der Waals surface area (Å²) in [4.78, 5) is 34.2. The van der Waals surface area contributed by atoms with E-state index in [1.807, 2.05) is 30.3 Å². The van der Waals surface area contributed by atoms with Gasteiger partial charge in [-0.05, 0) is 30.2 Å². The molecule has 132 valence electrons. The summed E-state index contributed by atoms with van der Waals surface area (Å²) in [5.41, 5.74) is 1.04. The van der Waals surface area contributed by atoms with Crippen molar-refractivity contribution in [3.8, 4) is 0 Å². The van der Waals surface area contributed by atoms with Crippen molar-refractivity contribution >= 4 is 29.6 Å². The van der Waals surface area contributed by atoms with Gasteiger partial charge in [0.1, 0.15) is 12.2 Å². The first-order chi connectivity index (χ1) is 12.5. The Bertz CT molecular complexity index is 869. The fourth-order valence-corrected chi connectivity index (χ4v) is 2.15. The molecule has 0 aliphatic carbocycles. The van der Waals surface area contributed by atoms with Crippen LogP contribution in [-0.2, 0) is 14.3 Å². The number of nitro benzene ring substituents is 1. The molecule has 0 aliphatic heterocycles. The minimum Gasteiger partial charge on any atom is -0.458 e. The highest BCUT2D eigenvalue weighted by Crippen LogP contribution is 2.16. The van der Waals surface area contributed by atoms with Crippen molar-refractivity contribution in [3.63, 3.8) is 0 Å². The number of non-ortho nitro benzene ring substituents is 1. The Morgan fingerprint density at radius 2 is 1.77 bits per heavy atom. The van der Waals surface area contributed by atoms with Crippen molar-refractivity contribution in [1.29, 1.82) is 0 Å². The van der Waals surface area contributed by atoms with Crippen LogP contribution in [0.25, 0.3) is 12.2 Å². The molecule has 0 N–H and O–H groups in total. The number of hydrogen-bond donors (Lipinski definition) is 0. The minimum atomic E-state index is -0.776. The van der Waals surface area contributed by atoms with Crippen LogP contribution in [0.5, 0.6) is 0 Å². The van der Waals surface area contributed by atoms with Crippen LogP contribution in [-0.4, -0.2) is 23.3 Å². The lowest BCUT2D eigenvalue weighted by atomic mass is 10.1. The fraction of sp³-hybridized carbons (Fsp3) is 0.100. The summed E-state index contributed by atoms with van der Waals surface area (Å²) in [6.07, 6.45) is 4.75. The van der Waals surface area contributed by atoms with E-state index in [0.717, 1.165) is 5.56 Å². The van der Waals surface area contributed by atoms with Crippen LogP contribution in [0.2, 0.25) is 0 Å². The Kier molecular flexibility index (Phi) is 6.56. The molecule has 6 heteroatoms. The maximum Gasteiger partial charge on any atom is 0.342 e. The second-order valence-electron chi connectivity index (χ2n) is 5.38. The number of nitro groups is 1. The van der Waals surface area contributed by atoms with Gasteiger partial charge in [0.15, 0.2) is 5.78 Å². The summed E-state index contributed by atoms with van der Waals surface area (Å²) < 4.78 is 5.09. The van der Waals surface area contributed by atoms with Gasteiger partial charge in [-0.25, -0.2) is 4.79 Å². The summed E-state index contributed by atoms with van der Waals surface area (Å²) in [5, 5.41) is 10.8. The summed E-state index contributed by atoms with van der Waals surface area (Å²) in [6, 6.07) is 15.2. The minimum absolute atomic E-state index is 0.00723. The molecule has 6 nitrogen and oxygen atoms in total. The average molecular weight is 351 g/mol. The molecule has 0 saturated heterocycles. The Balaban J connectivity index is 2.07. The predicted molar refractivity (Wildman–Crippen MR) is 98.2 cm³/mol. The van der Waals surface area contributed by atoms with Crippen LogP contribution in [0.3, 0.4) is 0 Å². The number of hydrogen-bond acceptors (Lipinski definition) is 5. The Hall–Kier alpha value is -3.54. The molecule has 0 amide bonds. The molecule has 0 unspecified atom stereocenters. The molecule has 0 heterocycles. The third kappa shape index (κ3) is 5.52. The second kappa shape index (κ2) is 9.08. The van der Waals surface area contributed by atoms with Gasteiger partial charge in [0.2, 0.25) is 0 Å². The zero-order valence-corrected chi connectivity index (χ0v) is 14.1. The molecular weight excluding hydrogens is 334 g/mol. The number of Topliss-reactive ketones (excluding diaryl/α,β-unsaturated/α-hetero) is 1. The van der Waals surface area contributed by atoms with E-state index in [4.69, 9.17) is 4.74 Å². The molecule has 0 radical (unpaired) electrons. The predicted octanol–water partition coefficient (Wildman–Crippen LogP) is 3.82. The third-order valence-electron chi connectivity index (χ3n) is 3.41. The van der Waals surface area contributed by atoms with Crippen molar-refractivity contribution in [1.82, 2.24) is 0 Å². The maximum atomic E-state index is 12.1. The first-order valence-electron chi connectivity index (χ1n) is 7.83. The Labute approximate surface area is 150 Å². The Morgan fingerprint density at radius 3 is 2.42 bits per heavy atom. The number of benzene rings is 2. The highest BCUT2D eigenvalue weighted by atomic mass is 16.6. The highest BCUT2D eigenvalue weighted by Gasteiger charge is 2.16. The fourth-order valence-electron chi connectivity index (χ4n) is 2.15. The van der Waals surface area contributed by atoms with Crippen LogP contribution >= 0.6 is 0 Å². The monoisotopic (exact) mass is 351 g/mol. The summed E-state index contributed by atoms with van der Waals surface area (Å²) in [7, 11) is 0. The van der Waals surface area contributed by atoms with Gasteiger partial charge in [0.05, 0.1) is 4.92 Å². The molecule has 0 saturated carbocycles. The van der Waals surface area contributed by atoms with Crippen molar-refractivity contribution in [2.75, 3.05) is 6.61 Å². The van der Waals surface area contributed by atoms with E-state index in [1.165, 1.54) is 31.2 Å². The Morgan fingerprint density at radius 1 is 1.08 bits per heavy atom. The van der Waals surface area contributed by atoms with Crippen LogP contribution in [0.1, 0.15) is 18.1 Å². The number of ether oxygens (including phenoxy) is 1. The second-order valence-corrected chi connectivity index (χ2v) is 5.38. The van der Waals surface area contributed by atoms with Crippen LogP contribution < -0.4 is 0 Å². The lowest BCUT2D eigenvalue weighted by Gasteiger charge is -2.04. The van der Waals surface area contributed by atoms with Gasteiger partial charge >= 0.3 is 5.97 Å². The lowest BCUT2D eigenvalue weighted by molar-refractivity contribution is -0.384. The van der Waals surface area contributed by atoms with Crippen molar-refractivity contribution in [3.05, 3.63) is 87.5 Å². The van der Waals surface area contributed by atoms with E-state index in [-0.39, 0.29) is 17.9 Å². The van der Waals surface area contributed by atoms with Crippen molar-refractivity contribution in [2.24, 2.45) is 0 Å². The highest BCUT2D eigenvalue weighted by molar-refractivity contribution is 6.19. The van der Waals surface area contributed by atoms with Crippen LogP contribution in [0.4, 0.5) is 5.69 Å². The van der Waals surface area contributed by atoms with Gasteiger partial charge in [-0.1, -0.05) is 48.5 Å². The number of ketones is 1. The van der Waals surface area contributed by atoms with E-state index in [2.05, 4.69) is 0 Å². The quantitative estimate of drug-likeness (QED) is 0.189. The van der Waals surface area contributed by atoms with Gasteiger partial charge in [0.25, 0.3) is 5.69 Å². The smallest absolute Gasteiger partial charge is 0.342 e. The summed E-state index contributed by atoms with van der Waals surface area (Å²) in [6.45, 7) is 1.25. The van der Waals surface area contributed by atoms with Crippen LogP contribution in [0.15, 0.2) is 66.2 Å². The number of carbonyl (C=O) groups excluding carboxylic acids is 2. The molecule has 0 aromatic heterocycles. The molecule has 26 heavy (non-hydrogen) atoms. The van der Waals surface area contributed by atoms with Gasteiger partial charge in [0, 0.05) is 12.1 Å². The van der Waals surface area contributed by atoms with Gasteiger partial charge in [-0.3, -0.25) is 14.9 Å². The van der Waals surface area contributed by atoms with Crippen molar-refractivity contribution < 1.29 is 19.2 Å². The SMILES string of the molecule is CC(=O)C(=Cc1cccc([N+](=O)[O-])c1)C(=O)OCC=Cc1ccccc1. The maximum absolute atomic E-state index is 12.1. The van der Waals surface area contributed by atoms with Gasteiger partial charge in [-0.15, -0.1) is 0 Å².